The van der Waals surface area contributed by atoms with Gasteiger partial charge < -0.3 is 4.74 Å². The van der Waals surface area contributed by atoms with Crippen LogP contribution in [0.25, 0.3) is 0 Å². The lowest BCUT2D eigenvalue weighted by Gasteiger charge is -2.18. The molecule has 30 heavy (non-hydrogen) atoms. The van der Waals surface area contributed by atoms with Gasteiger partial charge in [-0.05, 0) is 60.3 Å². The SMILES string of the molecule is COc1ccc(C)cc1S(=O)(=O)NC[C@@H](c1cccs1)S(=O)(=O)c1ccc(F)cc1. The zero-order valence-electron chi connectivity index (χ0n) is 16.2. The van der Waals surface area contributed by atoms with Gasteiger partial charge in [-0.1, -0.05) is 12.1 Å². The molecule has 0 saturated heterocycles. The summed E-state index contributed by atoms with van der Waals surface area (Å²) in [6.07, 6.45) is 0. The zero-order valence-corrected chi connectivity index (χ0v) is 18.7. The second kappa shape index (κ2) is 8.84. The molecule has 0 aliphatic heterocycles. The first kappa shape index (κ1) is 22.4. The first-order valence-corrected chi connectivity index (χ1v) is 12.7. The van der Waals surface area contributed by atoms with E-state index < -0.39 is 30.9 Å². The van der Waals surface area contributed by atoms with Crippen molar-refractivity contribution in [2.24, 2.45) is 0 Å². The van der Waals surface area contributed by atoms with Gasteiger partial charge in [0.15, 0.2) is 9.84 Å². The molecule has 0 spiro atoms. The quantitative estimate of drug-likeness (QED) is 0.508. The topological polar surface area (TPSA) is 89.5 Å². The van der Waals surface area contributed by atoms with Gasteiger partial charge in [0, 0.05) is 11.4 Å². The summed E-state index contributed by atoms with van der Waals surface area (Å²) in [5.41, 5.74) is 0.713. The first-order chi connectivity index (χ1) is 14.1. The van der Waals surface area contributed by atoms with Gasteiger partial charge in [-0.15, -0.1) is 11.3 Å². The van der Waals surface area contributed by atoms with Gasteiger partial charge in [-0.3, -0.25) is 0 Å². The van der Waals surface area contributed by atoms with Crippen LogP contribution in [0.5, 0.6) is 5.75 Å². The number of aryl methyl sites for hydroxylation is 1. The Labute approximate surface area is 179 Å². The van der Waals surface area contributed by atoms with Crippen molar-refractivity contribution in [3.05, 3.63) is 76.2 Å². The summed E-state index contributed by atoms with van der Waals surface area (Å²) < 4.78 is 73.0. The van der Waals surface area contributed by atoms with Gasteiger partial charge in [-0.2, -0.15) is 0 Å². The lowest BCUT2D eigenvalue weighted by atomic mass is 10.2. The normalized spacial score (nSPS) is 13.2. The molecule has 0 bridgehead atoms. The molecule has 2 aromatic carbocycles. The minimum atomic E-state index is -4.06. The molecule has 10 heteroatoms. The molecule has 160 valence electrons. The van der Waals surface area contributed by atoms with Gasteiger partial charge >= 0.3 is 0 Å². The van der Waals surface area contributed by atoms with E-state index in [1.54, 1.807) is 30.5 Å². The smallest absolute Gasteiger partial charge is 0.244 e. The van der Waals surface area contributed by atoms with Crippen molar-refractivity contribution in [2.45, 2.75) is 22.0 Å². The van der Waals surface area contributed by atoms with Crippen LogP contribution < -0.4 is 9.46 Å². The predicted octanol–water partition coefficient (Wildman–Crippen LogP) is 3.70. The average molecular weight is 470 g/mol. The van der Waals surface area contributed by atoms with Crippen LogP contribution in [0.15, 0.2) is 69.8 Å². The molecular formula is C20H20FNO5S3. The Morgan fingerprint density at radius 3 is 2.37 bits per heavy atom. The standard InChI is InChI=1S/C20H20FNO5S3/c1-14-5-10-17(27-2)19(12-14)30(25,26)22-13-20(18-4-3-11-28-18)29(23,24)16-8-6-15(21)7-9-16/h3-12,20,22H,13H2,1-2H3/t20-/m0/s1. The van der Waals surface area contributed by atoms with E-state index in [4.69, 9.17) is 4.74 Å². The highest BCUT2D eigenvalue weighted by Crippen LogP contribution is 2.32. The van der Waals surface area contributed by atoms with Crippen molar-refractivity contribution < 1.29 is 26.0 Å². The minimum Gasteiger partial charge on any atom is -0.495 e. The number of rotatable bonds is 8. The Morgan fingerprint density at radius 1 is 1.07 bits per heavy atom. The molecule has 1 heterocycles. The van der Waals surface area contributed by atoms with Crippen LogP contribution in [-0.4, -0.2) is 30.5 Å². The molecule has 6 nitrogen and oxygen atoms in total. The van der Waals surface area contributed by atoms with Crippen molar-refractivity contribution in [3.63, 3.8) is 0 Å². The fraction of sp³-hybridized carbons (Fsp3) is 0.200. The highest BCUT2D eigenvalue weighted by atomic mass is 32.2. The number of nitrogens with one attached hydrogen (secondary N) is 1. The molecule has 0 aliphatic carbocycles. The molecule has 0 fully saturated rings. The Kier molecular flexibility index (Phi) is 6.61. The van der Waals surface area contributed by atoms with Crippen LogP contribution in [0.2, 0.25) is 0 Å². The summed E-state index contributed by atoms with van der Waals surface area (Å²) in [4.78, 5) is 0.307. The monoisotopic (exact) mass is 469 g/mol. The molecule has 3 rings (SSSR count). The number of halogens is 1. The molecule has 1 N–H and O–H groups in total. The highest BCUT2D eigenvalue weighted by molar-refractivity contribution is 7.92. The number of benzene rings is 2. The lowest BCUT2D eigenvalue weighted by Crippen LogP contribution is -2.32. The Balaban J connectivity index is 1.96. The van der Waals surface area contributed by atoms with E-state index in [0.717, 1.165) is 12.1 Å². The van der Waals surface area contributed by atoms with E-state index in [1.807, 2.05) is 0 Å². The van der Waals surface area contributed by atoms with Crippen LogP contribution in [0.3, 0.4) is 0 Å². The van der Waals surface area contributed by atoms with Gasteiger partial charge in [0.05, 0.1) is 12.0 Å². The summed E-state index contributed by atoms with van der Waals surface area (Å²) >= 11 is 1.20. The molecule has 0 radical (unpaired) electrons. The van der Waals surface area contributed by atoms with Crippen molar-refractivity contribution in [2.75, 3.05) is 13.7 Å². The van der Waals surface area contributed by atoms with Crippen molar-refractivity contribution >= 4 is 31.2 Å². The fourth-order valence-corrected chi connectivity index (χ4v) is 7.07. The van der Waals surface area contributed by atoms with Crippen molar-refractivity contribution in [3.8, 4) is 5.75 Å². The third-order valence-corrected chi connectivity index (χ3v) is 9.12. The van der Waals surface area contributed by atoms with Crippen LogP contribution >= 0.6 is 11.3 Å². The summed E-state index contributed by atoms with van der Waals surface area (Å²) in [5, 5.41) is 0.536. The van der Waals surface area contributed by atoms with Gasteiger partial charge in [-0.25, -0.2) is 25.9 Å². The molecular weight excluding hydrogens is 449 g/mol. The van der Waals surface area contributed by atoms with Crippen LogP contribution in [0.1, 0.15) is 15.7 Å². The van der Waals surface area contributed by atoms with E-state index in [-0.39, 0.29) is 22.1 Å². The fourth-order valence-electron chi connectivity index (χ4n) is 2.88. The molecule has 1 atom stereocenters. The number of ether oxygens (including phenoxy) is 1. The third kappa shape index (κ3) is 4.72. The van der Waals surface area contributed by atoms with E-state index in [0.29, 0.717) is 10.4 Å². The number of methoxy groups -OCH3 is 1. The van der Waals surface area contributed by atoms with Gasteiger partial charge in [0.25, 0.3) is 0 Å². The Morgan fingerprint density at radius 2 is 1.77 bits per heavy atom. The number of hydrogen-bond donors (Lipinski definition) is 1. The van der Waals surface area contributed by atoms with Gasteiger partial charge in [0.2, 0.25) is 10.0 Å². The van der Waals surface area contributed by atoms with Crippen LogP contribution in [-0.2, 0) is 19.9 Å². The minimum absolute atomic E-state index is 0.0749. The Bertz CT molecular complexity index is 1220. The summed E-state index contributed by atoms with van der Waals surface area (Å²) in [5.74, 6) is -0.406. The molecule has 0 amide bonds. The van der Waals surface area contributed by atoms with E-state index in [2.05, 4.69) is 4.72 Å². The maximum Gasteiger partial charge on any atom is 0.244 e. The highest BCUT2D eigenvalue weighted by Gasteiger charge is 2.32. The maximum absolute atomic E-state index is 13.2. The van der Waals surface area contributed by atoms with E-state index in [9.17, 15) is 21.2 Å². The first-order valence-electron chi connectivity index (χ1n) is 8.82. The van der Waals surface area contributed by atoms with Crippen molar-refractivity contribution in [1.82, 2.24) is 4.72 Å². The maximum atomic E-state index is 13.2. The number of hydrogen-bond acceptors (Lipinski definition) is 6. The second-order valence-corrected chi connectivity index (χ2v) is 11.4. The second-order valence-electron chi connectivity index (χ2n) is 6.51. The Hall–Kier alpha value is -2.27. The van der Waals surface area contributed by atoms with Crippen molar-refractivity contribution in [1.29, 1.82) is 0 Å². The average Bonchev–Trinajstić information content (AvgIpc) is 3.22. The largest absolute Gasteiger partial charge is 0.495 e. The number of thiophene rings is 1. The number of sulfonamides is 1. The van der Waals surface area contributed by atoms with Gasteiger partial charge in [0.1, 0.15) is 21.7 Å². The molecule has 0 aliphatic rings. The lowest BCUT2D eigenvalue weighted by molar-refractivity contribution is 0.402. The summed E-state index contributed by atoms with van der Waals surface area (Å²) in [6.45, 7) is 1.35. The predicted molar refractivity (Wildman–Crippen MR) is 114 cm³/mol. The van der Waals surface area contributed by atoms with E-state index in [1.165, 1.54) is 42.7 Å². The third-order valence-electron chi connectivity index (χ3n) is 4.44. The molecule has 3 aromatic rings. The van der Waals surface area contributed by atoms with Crippen LogP contribution in [0, 0.1) is 12.7 Å². The van der Waals surface area contributed by atoms with Crippen LogP contribution in [0.4, 0.5) is 4.39 Å². The molecule has 0 unspecified atom stereocenters. The van der Waals surface area contributed by atoms with E-state index >= 15 is 0 Å². The number of sulfone groups is 1. The molecule has 0 saturated carbocycles. The zero-order chi connectivity index (χ0) is 21.9. The molecule has 1 aromatic heterocycles. The summed E-state index contributed by atoms with van der Waals surface area (Å²) in [7, 11) is -6.68. The summed E-state index contributed by atoms with van der Waals surface area (Å²) in [6, 6.07) is 12.5.